The highest BCUT2D eigenvalue weighted by Gasteiger charge is 2.29. The fraction of sp³-hybridized carbons (Fsp3) is 0.273. The number of rotatable bonds is 8. The summed E-state index contributed by atoms with van der Waals surface area (Å²) in [5, 5.41) is 42.6. The fourth-order valence-corrected chi connectivity index (χ4v) is 5.39. The van der Waals surface area contributed by atoms with Crippen LogP contribution in [0.3, 0.4) is 0 Å². The number of hydrogen-bond acceptors (Lipinski definition) is 4. The third kappa shape index (κ3) is 5.01. The summed E-state index contributed by atoms with van der Waals surface area (Å²) in [6, 6.07) is 25.9. The van der Waals surface area contributed by atoms with E-state index in [9.17, 15) is 20.4 Å². The van der Waals surface area contributed by atoms with Gasteiger partial charge in [-0.15, -0.1) is 0 Å². The summed E-state index contributed by atoms with van der Waals surface area (Å²) in [7, 11) is 0. The number of phenols is 4. The predicted molar refractivity (Wildman–Crippen MR) is 149 cm³/mol. The van der Waals surface area contributed by atoms with Crippen LogP contribution >= 0.6 is 0 Å². The summed E-state index contributed by atoms with van der Waals surface area (Å²) in [6.07, 6.45) is 1.44. The quantitative estimate of drug-likeness (QED) is 0.200. The Morgan fingerprint density at radius 2 is 0.865 bits per heavy atom. The second-order valence-corrected chi connectivity index (χ2v) is 10.2. The number of hydrogen-bond donors (Lipinski definition) is 4. The average molecular weight is 497 g/mol. The van der Waals surface area contributed by atoms with Gasteiger partial charge < -0.3 is 20.4 Å². The van der Waals surface area contributed by atoms with Gasteiger partial charge in [-0.3, -0.25) is 0 Å². The van der Waals surface area contributed by atoms with Gasteiger partial charge in [0.05, 0.1) is 0 Å². The van der Waals surface area contributed by atoms with Crippen LogP contribution in [0.2, 0.25) is 0 Å². The summed E-state index contributed by atoms with van der Waals surface area (Å²) in [5.41, 5.74) is 4.71. The molecule has 0 aliphatic carbocycles. The summed E-state index contributed by atoms with van der Waals surface area (Å²) in [4.78, 5) is 0. The molecule has 0 aliphatic heterocycles. The first-order valence-corrected chi connectivity index (χ1v) is 12.9. The maximum Gasteiger partial charge on any atom is 0.119 e. The van der Waals surface area contributed by atoms with E-state index in [0.29, 0.717) is 0 Å². The zero-order chi connectivity index (χ0) is 26.7. The minimum Gasteiger partial charge on any atom is -0.508 e. The van der Waals surface area contributed by atoms with E-state index >= 15 is 0 Å². The Morgan fingerprint density at radius 3 is 1.22 bits per heavy atom. The van der Waals surface area contributed by atoms with Gasteiger partial charge in [-0.1, -0.05) is 88.4 Å². The van der Waals surface area contributed by atoms with E-state index in [2.05, 4.69) is 13.8 Å². The minimum atomic E-state index is -0.445. The zero-order valence-electron chi connectivity index (χ0n) is 21.9. The van der Waals surface area contributed by atoms with Crippen molar-refractivity contribution in [2.75, 3.05) is 0 Å². The largest absolute Gasteiger partial charge is 0.508 e. The van der Waals surface area contributed by atoms with Gasteiger partial charge in [0.15, 0.2) is 0 Å². The molecule has 0 radical (unpaired) electrons. The molecule has 37 heavy (non-hydrogen) atoms. The molecule has 0 saturated carbocycles. The van der Waals surface area contributed by atoms with Gasteiger partial charge in [0.25, 0.3) is 0 Å². The fourth-order valence-electron chi connectivity index (χ4n) is 5.39. The van der Waals surface area contributed by atoms with Crippen LogP contribution in [0.15, 0.2) is 84.9 Å². The van der Waals surface area contributed by atoms with Crippen molar-refractivity contribution >= 4 is 0 Å². The van der Waals surface area contributed by atoms with Crippen molar-refractivity contribution < 1.29 is 20.4 Å². The van der Waals surface area contributed by atoms with Crippen LogP contribution in [0.1, 0.15) is 85.8 Å². The molecule has 0 fully saturated rings. The number of benzene rings is 4. The maximum absolute atomic E-state index is 10.8. The maximum atomic E-state index is 10.8. The normalized spacial score (nSPS) is 13.3. The van der Waals surface area contributed by atoms with E-state index in [1.807, 2.05) is 62.4 Å². The van der Waals surface area contributed by atoms with Crippen molar-refractivity contribution in [3.05, 3.63) is 118 Å². The van der Waals surface area contributed by atoms with Gasteiger partial charge in [0, 0.05) is 39.5 Å². The molecule has 192 valence electrons. The predicted octanol–water partition coefficient (Wildman–Crippen LogP) is 7.92. The first-order valence-electron chi connectivity index (χ1n) is 12.9. The van der Waals surface area contributed by atoms with Gasteiger partial charge in [-0.05, 0) is 48.2 Å². The van der Waals surface area contributed by atoms with Gasteiger partial charge >= 0.3 is 0 Å². The highest BCUT2D eigenvalue weighted by Crippen LogP contribution is 2.44. The SMILES string of the molecule is CCC(c1ccccc1O)c1cc(C(C)(C)c2ccc(O)c(C(CC)c3ccccc3O)c2)ccc1O. The molecule has 0 saturated heterocycles. The molecule has 4 heteroatoms. The third-order valence-electron chi connectivity index (χ3n) is 7.69. The van der Waals surface area contributed by atoms with E-state index in [1.54, 1.807) is 36.4 Å². The second-order valence-electron chi connectivity index (χ2n) is 10.2. The monoisotopic (exact) mass is 496 g/mol. The van der Waals surface area contributed by atoms with Crippen LogP contribution in [0.5, 0.6) is 23.0 Å². The Kier molecular flexibility index (Phi) is 7.49. The molecule has 4 aromatic carbocycles. The molecule has 0 bridgehead atoms. The third-order valence-corrected chi connectivity index (χ3v) is 7.69. The number of phenolic OH excluding ortho intramolecular Hbond substituents is 4. The van der Waals surface area contributed by atoms with E-state index in [1.165, 1.54) is 0 Å². The van der Waals surface area contributed by atoms with Gasteiger partial charge in [0.2, 0.25) is 0 Å². The molecule has 0 heterocycles. The van der Waals surface area contributed by atoms with Crippen molar-refractivity contribution in [1.82, 2.24) is 0 Å². The molecule has 4 nitrogen and oxygen atoms in total. The molecular formula is C33H36O4. The number of para-hydroxylation sites is 2. The smallest absolute Gasteiger partial charge is 0.119 e. The Morgan fingerprint density at radius 1 is 0.514 bits per heavy atom. The van der Waals surface area contributed by atoms with Gasteiger partial charge in [-0.25, -0.2) is 0 Å². The molecule has 2 unspecified atom stereocenters. The molecule has 4 rings (SSSR count). The number of aromatic hydroxyl groups is 4. The Labute approximate surface area is 219 Å². The lowest BCUT2D eigenvalue weighted by atomic mass is 9.74. The Hall–Kier alpha value is -3.92. The summed E-state index contributed by atoms with van der Waals surface area (Å²) in [5.74, 6) is 0.529. The molecule has 4 aromatic rings. The lowest BCUT2D eigenvalue weighted by molar-refractivity contribution is 0.452. The highest BCUT2D eigenvalue weighted by molar-refractivity contribution is 5.53. The van der Waals surface area contributed by atoms with Crippen LogP contribution in [-0.4, -0.2) is 20.4 Å². The van der Waals surface area contributed by atoms with Crippen LogP contribution in [0.25, 0.3) is 0 Å². The topological polar surface area (TPSA) is 80.9 Å². The van der Waals surface area contributed by atoms with E-state index in [0.717, 1.165) is 46.2 Å². The molecule has 2 atom stereocenters. The van der Waals surface area contributed by atoms with Crippen molar-refractivity contribution in [3.63, 3.8) is 0 Å². The Bertz CT molecular complexity index is 1280. The summed E-state index contributed by atoms with van der Waals surface area (Å²) in [6.45, 7) is 8.34. The second kappa shape index (κ2) is 10.6. The van der Waals surface area contributed by atoms with Crippen LogP contribution in [0, 0.1) is 0 Å². The summed E-state index contributed by atoms with van der Waals surface area (Å²) < 4.78 is 0. The van der Waals surface area contributed by atoms with Gasteiger partial charge in [0.1, 0.15) is 23.0 Å². The van der Waals surface area contributed by atoms with Crippen molar-refractivity contribution in [2.45, 2.75) is 57.8 Å². The van der Waals surface area contributed by atoms with Gasteiger partial charge in [-0.2, -0.15) is 0 Å². The van der Waals surface area contributed by atoms with Crippen LogP contribution < -0.4 is 0 Å². The van der Waals surface area contributed by atoms with Crippen LogP contribution in [-0.2, 0) is 5.41 Å². The minimum absolute atomic E-state index is 0.155. The molecule has 0 aromatic heterocycles. The van der Waals surface area contributed by atoms with Crippen molar-refractivity contribution in [3.8, 4) is 23.0 Å². The lowest BCUT2D eigenvalue weighted by Gasteiger charge is -2.30. The Balaban J connectivity index is 1.79. The highest BCUT2D eigenvalue weighted by atomic mass is 16.3. The molecule has 0 spiro atoms. The molecule has 0 amide bonds. The van der Waals surface area contributed by atoms with Crippen LogP contribution in [0.4, 0.5) is 0 Å². The van der Waals surface area contributed by atoms with E-state index < -0.39 is 5.41 Å². The molecular weight excluding hydrogens is 460 g/mol. The van der Waals surface area contributed by atoms with Crippen molar-refractivity contribution in [2.24, 2.45) is 0 Å². The van der Waals surface area contributed by atoms with E-state index in [-0.39, 0.29) is 34.8 Å². The van der Waals surface area contributed by atoms with E-state index in [4.69, 9.17) is 0 Å². The average Bonchev–Trinajstić information content (AvgIpc) is 2.89. The first-order chi connectivity index (χ1) is 17.7. The zero-order valence-corrected chi connectivity index (χ0v) is 21.9. The first kappa shape index (κ1) is 26.2. The van der Waals surface area contributed by atoms with Crippen molar-refractivity contribution in [1.29, 1.82) is 0 Å². The molecule has 0 aliphatic rings. The summed E-state index contributed by atoms with van der Waals surface area (Å²) >= 11 is 0. The standard InChI is InChI=1S/C33H36O4/c1-5-23(25-11-7-9-13-29(25)34)27-19-21(15-17-31(27)36)33(3,4)22-16-18-32(37)28(20-22)24(6-2)26-12-8-10-14-30(26)35/h7-20,23-24,34-37H,5-6H2,1-4H3. The molecule has 4 N–H and O–H groups in total. The lowest BCUT2D eigenvalue weighted by Crippen LogP contribution is -2.20.